The second-order valence-corrected chi connectivity index (χ2v) is 7.40. The van der Waals surface area contributed by atoms with Crippen molar-refractivity contribution in [3.8, 4) is 0 Å². The second-order valence-electron chi connectivity index (χ2n) is 4.30. The molecule has 0 aliphatic heterocycles. The SMILES string of the molecule is CCCNC(c1cc(Cl)sc1Cl)c1c(Cl)cccc1Cl. The molecule has 20 heavy (non-hydrogen) atoms. The lowest BCUT2D eigenvalue weighted by Crippen LogP contribution is -2.23. The van der Waals surface area contributed by atoms with E-state index in [1.807, 2.05) is 24.3 Å². The largest absolute Gasteiger partial charge is 0.306 e. The fourth-order valence-corrected chi connectivity index (χ4v) is 4.14. The molecule has 2 rings (SSSR count). The molecular formula is C14H13Cl4NS. The van der Waals surface area contributed by atoms with Crippen LogP contribution in [0, 0.1) is 0 Å². The molecule has 0 aliphatic carbocycles. The maximum atomic E-state index is 6.32. The Kier molecular flexibility index (Phi) is 6.03. The lowest BCUT2D eigenvalue weighted by molar-refractivity contribution is 0.600. The predicted molar refractivity (Wildman–Crippen MR) is 90.9 cm³/mol. The first-order valence-corrected chi connectivity index (χ1v) is 8.49. The van der Waals surface area contributed by atoms with Crippen LogP contribution in [0.15, 0.2) is 24.3 Å². The van der Waals surface area contributed by atoms with Crippen molar-refractivity contribution < 1.29 is 0 Å². The van der Waals surface area contributed by atoms with Gasteiger partial charge in [0.2, 0.25) is 0 Å². The highest BCUT2D eigenvalue weighted by molar-refractivity contribution is 7.20. The van der Waals surface area contributed by atoms with E-state index in [0.717, 1.165) is 24.1 Å². The highest BCUT2D eigenvalue weighted by Crippen LogP contribution is 2.41. The summed E-state index contributed by atoms with van der Waals surface area (Å²) in [5.41, 5.74) is 1.74. The summed E-state index contributed by atoms with van der Waals surface area (Å²) < 4.78 is 1.30. The van der Waals surface area contributed by atoms with Crippen LogP contribution < -0.4 is 5.32 Å². The molecule has 108 valence electrons. The molecule has 1 aromatic carbocycles. The van der Waals surface area contributed by atoms with Crippen LogP contribution in [0.4, 0.5) is 0 Å². The third kappa shape index (κ3) is 3.62. The van der Waals surface area contributed by atoms with Gasteiger partial charge in [0.05, 0.1) is 14.7 Å². The van der Waals surface area contributed by atoms with E-state index in [4.69, 9.17) is 46.4 Å². The normalized spacial score (nSPS) is 12.7. The van der Waals surface area contributed by atoms with Crippen molar-refractivity contribution in [2.24, 2.45) is 0 Å². The lowest BCUT2D eigenvalue weighted by Gasteiger charge is -2.21. The van der Waals surface area contributed by atoms with Gasteiger partial charge in [0.25, 0.3) is 0 Å². The quantitative estimate of drug-likeness (QED) is 0.639. The lowest BCUT2D eigenvalue weighted by atomic mass is 10.0. The maximum absolute atomic E-state index is 6.32. The van der Waals surface area contributed by atoms with Gasteiger partial charge >= 0.3 is 0 Å². The zero-order chi connectivity index (χ0) is 14.7. The molecule has 0 spiro atoms. The average molecular weight is 369 g/mol. The standard InChI is InChI=1S/C14H13Cl4NS/c1-2-6-19-13(8-7-11(17)20-14(8)18)12-9(15)4-3-5-10(12)16/h3-5,7,13,19H,2,6H2,1H3. The first-order chi connectivity index (χ1) is 9.54. The first-order valence-electron chi connectivity index (χ1n) is 6.16. The first kappa shape index (κ1) is 16.4. The van der Waals surface area contributed by atoms with Crippen LogP contribution in [-0.4, -0.2) is 6.54 Å². The van der Waals surface area contributed by atoms with E-state index in [1.165, 1.54) is 11.3 Å². The van der Waals surface area contributed by atoms with E-state index in [2.05, 4.69) is 12.2 Å². The van der Waals surface area contributed by atoms with Crippen molar-refractivity contribution in [2.75, 3.05) is 6.54 Å². The molecule has 1 N–H and O–H groups in total. The van der Waals surface area contributed by atoms with Crippen LogP contribution in [0.1, 0.15) is 30.5 Å². The number of halogens is 4. The molecular weight excluding hydrogens is 356 g/mol. The second kappa shape index (κ2) is 7.35. The van der Waals surface area contributed by atoms with E-state index >= 15 is 0 Å². The summed E-state index contributed by atoms with van der Waals surface area (Å²) in [6.07, 6.45) is 0.994. The van der Waals surface area contributed by atoms with Crippen LogP contribution in [0.3, 0.4) is 0 Å². The minimum atomic E-state index is -0.160. The fraction of sp³-hybridized carbons (Fsp3) is 0.286. The van der Waals surface area contributed by atoms with E-state index < -0.39 is 0 Å². The number of rotatable bonds is 5. The van der Waals surface area contributed by atoms with Gasteiger partial charge in [-0.3, -0.25) is 0 Å². The molecule has 0 aliphatic rings. The molecule has 0 bridgehead atoms. The molecule has 0 amide bonds. The molecule has 2 aromatic rings. The van der Waals surface area contributed by atoms with Gasteiger partial charge in [-0.2, -0.15) is 0 Å². The molecule has 0 fully saturated rings. The average Bonchev–Trinajstić information content (AvgIpc) is 2.72. The van der Waals surface area contributed by atoms with Crippen molar-refractivity contribution in [1.29, 1.82) is 0 Å². The van der Waals surface area contributed by atoms with Gasteiger partial charge < -0.3 is 5.32 Å². The minimum Gasteiger partial charge on any atom is -0.306 e. The van der Waals surface area contributed by atoms with Gasteiger partial charge in [-0.15, -0.1) is 11.3 Å². The van der Waals surface area contributed by atoms with Gasteiger partial charge in [-0.25, -0.2) is 0 Å². The highest BCUT2D eigenvalue weighted by atomic mass is 35.5. The summed E-state index contributed by atoms with van der Waals surface area (Å²) in [6.45, 7) is 2.93. The zero-order valence-electron chi connectivity index (χ0n) is 10.7. The Morgan fingerprint density at radius 3 is 2.30 bits per heavy atom. The summed E-state index contributed by atoms with van der Waals surface area (Å²) in [6, 6.07) is 7.18. The van der Waals surface area contributed by atoms with Crippen LogP contribution in [0.25, 0.3) is 0 Å². The van der Waals surface area contributed by atoms with Crippen molar-refractivity contribution in [2.45, 2.75) is 19.4 Å². The number of hydrogen-bond acceptors (Lipinski definition) is 2. The predicted octanol–water partition coefficient (Wildman–Crippen LogP) is 6.45. The Labute approximate surface area is 142 Å². The van der Waals surface area contributed by atoms with Crippen molar-refractivity contribution >= 4 is 57.7 Å². The monoisotopic (exact) mass is 367 g/mol. The molecule has 1 nitrogen and oxygen atoms in total. The van der Waals surface area contributed by atoms with Gasteiger partial charge in [-0.1, -0.05) is 59.4 Å². The van der Waals surface area contributed by atoms with Crippen LogP contribution >= 0.6 is 57.7 Å². The van der Waals surface area contributed by atoms with Crippen molar-refractivity contribution in [1.82, 2.24) is 5.32 Å². The van der Waals surface area contributed by atoms with E-state index in [1.54, 1.807) is 0 Å². The third-order valence-electron chi connectivity index (χ3n) is 2.88. The van der Waals surface area contributed by atoms with Crippen molar-refractivity contribution in [3.05, 3.63) is 54.1 Å². The third-order valence-corrected chi connectivity index (χ3v) is 5.06. The van der Waals surface area contributed by atoms with Gasteiger partial charge in [0.1, 0.15) is 0 Å². The summed E-state index contributed by atoms with van der Waals surface area (Å²) in [7, 11) is 0. The Hall–Kier alpha value is 0.0400. The molecule has 1 unspecified atom stereocenters. The Morgan fingerprint density at radius 1 is 1.15 bits per heavy atom. The number of hydrogen-bond donors (Lipinski definition) is 1. The van der Waals surface area contributed by atoms with Gasteiger partial charge in [0, 0.05) is 21.2 Å². The zero-order valence-corrected chi connectivity index (χ0v) is 14.6. The summed E-state index contributed by atoms with van der Waals surface area (Å²) >= 11 is 26.3. The van der Waals surface area contributed by atoms with E-state index in [0.29, 0.717) is 18.7 Å². The molecule has 0 radical (unpaired) electrons. The molecule has 1 atom stereocenters. The Morgan fingerprint density at radius 2 is 1.80 bits per heavy atom. The smallest absolute Gasteiger partial charge is 0.0995 e. The van der Waals surface area contributed by atoms with Crippen molar-refractivity contribution in [3.63, 3.8) is 0 Å². The van der Waals surface area contributed by atoms with Crippen LogP contribution in [-0.2, 0) is 0 Å². The van der Waals surface area contributed by atoms with Gasteiger partial charge in [-0.05, 0) is 31.2 Å². The minimum absolute atomic E-state index is 0.160. The Bertz CT molecular complexity index is 577. The van der Waals surface area contributed by atoms with Crippen LogP contribution in [0.5, 0.6) is 0 Å². The summed E-state index contributed by atoms with van der Waals surface area (Å²) in [5.74, 6) is 0. The highest BCUT2D eigenvalue weighted by Gasteiger charge is 2.23. The molecule has 1 heterocycles. The van der Waals surface area contributed by atoms with E-state index in [9.17, 15) is 0 Å². The Balaban J connectivity index is 2.50. The van der Waals surface area contributed by atoms with Gasteiger partial charge in [0.15, 0.2) is 0 Å². The summed E-state index contributed by atoms with van der Waals surface area (Å²) in [4.78, 5) is 0. The topological polar surface area (TPSA) is 12.0 Å². The van der Waals surface area contributed by atoms with Crippen LogP contribution in [0.2, 0.25) is 18.7 Å². The molecule has 0 saturated heterocycles. The molecule has 0 saturated carbocycles. The van der Waals surface area contributed by atoms with E-state index in [-0.39, 0.29) is 6.04 Å². The summed E-state index contributed by atoms with van der Waals surface area (Å²) in [5, 5.41) is 4.66. The number of nitrogens with one attached hydrogen (secondary N) is 1. The number of thiophene rings is 1. The maximum Gasteiger partial charge on any atom is 0.0995 e. The fourth-order valence-electron chi connectivity index (χ4n) is 1.99. The number of benzene rings is 1. The molecule has 6 heteroatoms. The molecule has 1 aromatic heterocycles.